The molecule has 9 heteroatoms. The van der Waals surface area contributed by atoms with Crippen LogP contribution in [0.2, 0.25) is 5.02 Å². The molecule has 3 aromatic rings. The average Bonchev–Trinajstić information content (AvgIpc) is 3.65. The van der Waals surface area contributed by atoms with Gasteiger partial charge in [-0.15, -0.1) is 0 Å². The number of aliphatic hydroxyl groups excluding tert-OH is 1. The topological polar surface area (TPSA) is 74.3 Å². The van der Waals surface area contributed by atoms with Crippen LogP contribution in [0.4, 0.5) is 10.1 Å². The van der Waals surface area contributed by atoms with E-state index in [2.05, 4.69) is 15.1 Å². The van der Waals surface area contributed by atoms with Gasteiger partial charge in [-0.3, -0.25) is 4.79 Å². The molecule has 39 heavy (non-hydrogen) atoms. The number of hydrogen-bond donors (Lipinski definition) is 2. The lowest BCUT2D eigenvalue weighted by molar-refractivity contribution is -0.126. The highest BCUT2D eigenvalue weighted by Crippen LogP contribution is 2.37. The van der Waals surface area contributed by atoms with Crippen molar-refractivity contribution in [3.63, 3.8) is 0 Å². The molecule has 0 aromatic heterocycles. The Morgan fingerprint density at radius 3 is 2.67 bits per heavy atom. The summed E-state index contributed by atoms with van der Waals surface area (Å²) in [5.74, 6) is 0.674. The molecule has 206 valence electrons. The zero-order valence-electron chi connectivity index (χ0n) is 21.7. The number of fused-ring (bicyclic) bond motifs is 2. The lowest BCUT2D eigenvalue weighted by Crippen LogP contribution is -2.48. The van der Waals surface area contributed by atoms with Crippen molar-refractivity contribution >= 4 is 34.0 Å². The van der Waals surface area contributed by atoms with Crippen molar-refractivity contribution in [2.45, 2.75) is 31.4 Å². The predicted molar refractivity (Wildman–Crippen MR) is 149 cm³/mol. The van der Waals surface area contributed by atoms with Gasteiger partial charge in [0.25, 0.3) is 0 Å². The first kappa shape index (κ1) is 26.2. The van der Waals surface area contributed by atoms with E-state index in [4.69, 9.17) is 21.1 Å². The second kappa shape index (κ2) is 11.2. The van der Waals surface area contributed by atoms with E-state index in [0.29, 0.717) is 61.4 Å². The molecule has 0 bridgehead atoms. The van der Waals surface area contributed by atoms with E-state index in [9.17, 15) is 14.3 Å². The third kappa shape index (κ3) is 5.51. The summed E-state index contributed by atoms with van der Waals surface area (Å²) in [6.07, 6.45) is 2.04. The fraction of sp³-hybridized carbons (Fsp3) is 0.433. The molecule has 0 radical (unpaired) electrons. The Labute approximate surface area is 232 Å². The first-order valence-electron chi connectivity index (χ1n) is 13.7. The van der Waals surface area contributed by atoms with Crippen LogP contribution in [0.1, 0.15) is 30.9 Å². The number of carbonyl (C=O) groups is 1. The Hall–Kier alpha value is -3.07. The molecule has 3 aromatic carbocycles. The van der Waals surface area contributed by atoms with Crippen LogP contribution in [0.25, 0.3) is 10.8 Å². The number of ether oxygens (including phenoxy) is 2. The van der Waals surface area contributed by atoms with Gasteiger partial charge in [-0.25, -0.2) is 4.39 Å². The molecular weight excluding hydrogens is 521 g/mol. The van der Waals surface area contributed by atoms with Crippen LogP contribution in [-0.2, 0) is 4.79 Å². The molecule has 2 saturated heterocycles. The highest BCUT2D eigenvalue weighted by molar-refractivity contribution is 6.38. The summed E-state index contributed by atoms with van der Waals surface area (Å²) in [7, 11) is 0. The van der Waals surface area contributed by atoms with Gasteiger partial charge in [0.2, 0.25) is 5.91 Å². The molecule has 7 nitrogen and oxygen atoms in total. The van der Waals surface area contributed by atoms with Crippen molar-refractivity contribution in [3.05, 3.63) is 64.9 Å². The maximum absolute atomic E-state index is 13.7. The largest absolute Gasteiger partial charge is 0.486 e. The maximum Gasteiger partial charge on any atom is 0.225 e. The molecule has 0 spiro atoms. The molecular formula is C30H33ClFN3O4. The van der Waals surface area contributed by atoms with E-state index in [0.717, 1.165) is 42.4 Å². The van der Waals surface area contributed by atoms with Crippen molar-refractivity contribution in [1.82, 2.24) is 10.2 Å². The van der Waals surface area contributed by atoms with E-state index in [1.165, 1.54) is 12.1 Å². The fourth-order valence-corrected chi connectivity index (χ4v) is 6.29. The number of halogens is 2. The summed E-state index contributed by atoms with van der Waals surface area (Å²) in [6.45, 7) is 4.68. The van der Waals surface area contributed by atoms with Gasteiger partial charge < -0.3 is 29.7 Å². The van der Waals surface area contributed by atoms with Gasteiger partial charge in [-0.1, -0.05) is 23.7 Å². The average molecular weight is 554 g/mol. The number of hydrogen-bond acceptors (Lipinski definition) is 6. The number of amides is 1. The molecule has 6 rings (SSSR count). The van der Waals surface area contributed by atoms with Gasteiger partial charge in [0.15, 0.2) is 11.5 Å². The van der Waals surface area contributed by atoms with Gasteiger partial charge in [0.1, 0.15) is 25.1 Å². The summed E-state index contributed by atoms with van der Waals surface area (Å²) in [4.78, 5) is 17.9. The van der Waals surface area contributed by atoms with Crippen LogP contribution in [0, 0.1) is 11.7 Å². The molecule has 0 aliphatic carbocycles. The van der Waals surface area contributed by atoms with Crippen molar-refractivity contribution in [1.29, 1.82) is 0 Å². The van der Waals surface area contributed by atoms with Crippen LogP contribution in [-0.4, -0.2) is 67.9 Å². The first-order valence-corrected chi connectivity index (χ1v) is 14.1. The van der Waals surface area contributed by atoms with Crippen molar-refractivity contribution in [2.24, 2.45) is 5.92 Å². The fourth-order valence-electron chi connectivity index (χ4n) is 5.93. The minimum atomic E-state index is -0.891. The Kier molecular flexibility index (Phi) is 7.51. The zero-order valence-corrected chi connectivity index (χ0v) is 22.5. The first-order chi connectivity index (χ1) is 19.0. The van der Waals surface area contributed by atoms with Crippen molar-refractivity contribution in [2.75, 3.05) is 50.8 Å². The molecule has 3 heterocycles. The molecule has 2 N–H and O–H groups in total. The number of rotatable bonds is 7. The van der Waals surface area contributed by atoms with Crippen LogP contribution in [0.3, 0.4) is 0 Å². The van der Waals surface area contributed by atoms with Crippen molar-refractivity contribution in [3.8, 4) is 11.5 Å². The number of aliphatic hydroxyl groups is 1. The van der Waals surface area contributed by atoms with Gasteiger partial charge in [0, 0.05) is 25.0 Å². The summed E-state index contributed by atoms with van der Waals surface area (Å²) < 4.78 is 25.0. The number of nitrogens with zero attached hydrogens (tertiary/aromatic N) is 2. The van der Waals surface area contributed by atoms with Crippen LogP contribution >= 0.6 is 11.6 Å². The normalized spacial score (nSPS) is 20.8. The Morgan fingerprint density at radius 1 is 1.05 bits per heavy atom. The minimum absolute atomic E-state index is 0.0720. The second-order valence-corrected chi connectivity index (χ2v) is 11.0. The predicted octanol–water partition coefficient (Wildman–Crippen LogP) is 4.54. The Bertz CT molecular complexity index is 1370. The molecule has 3 aliphatic rings. The maximum atomic E-state index is 13.7. The number of benzene rings is 3. The number of anilines is 1. The number of nitrogens with one attached hydrogen (secondary N) is 1. The summed E-state index contributed by atoms with van der Waals surface area (Å²) in [6, 6.07) is 13.3. The molecule has 1 unspecified atom stereocenters. The van der Waals surface area contributed by atoms with Crippen LogP contribution in [0.15, 0.2) is 48.5 Å². The quantitative estimate of drug-likeness (QED) is 0.447. The molecule has 3 aliphatic heterocycles. The SMILES string of the molecule is O=C(N[C@H](CN1CCCC1)[C@H](O)c1ccc2c(c1)OCCO2)C1CCN(c2ccc3cc(F)ccc3c2Cl)C1. The van der Waals surface area contributed by atoms with E-state index >= 15 is 0 Å². The second-order valence-electron chi connectivity index (χ2n) is 10.7. The molecule has 1 amide bonds. The van der Waals surface area contributed by atoms with Crippen LogP contribution < -0.4 is 19.7 Å². The third-order valence-corrected chi connectivity index (χ3v) is 8.46. The van der Waals surface area contributed by atoms with E-state index < -0.39 is 12.1 Å². The van der Waals surface area contributed by atoms with E-state index in [1.54, 1.807) is 6.07 Å². The van der Waals surface area contributed by atoms with Gasteiger partial charge >= 0.3 is 0 Å². The Morgan fingerprint density at radius 2 is 1.85 bits per heavy atom. The lowest BCUT2D eigenvalue weighted by Gasteiger charge is -2.30. The summed E-state index contributed by atoms with van der Waals surface area (Å²) in [5.41, 5.74) is 1.53. The zero-order chi connectivity index (χ0) is 26.9. The van der Waals surface area contributed by atoms with Gasteiger partial charge in [0.05, 0.1) is 22.7 Å². The molecule has 0 saturated carbocycles. The molecule has 3 atom stereocenters. The summed E-state index contributed by atoms with van der Waals surface area (Å²) >= 11 is 6.72. The van der Waals surface area contributed by atoms with E-state index in [1.807, 2.05) is 30.3 Å². The van der Waals surface area contributed by atoms with E-state index in [-0.39, 0.29) is 17.6 Å². The number of likely N-dealkylation sites (tertiary alicyclic amines) is 1. The smallest absolute Gasteiger partial charge is 0.225 e. The van der Waals surface area contributed by atoms with Crippen LogP contribution in [0.5, 0.6) is 11.5 Å². The van der Waals surface area contributed by atoms with Crippen molar-refractivity contribution < 1.29 is 23.8 Å². The Balaban J connectivity index is 1.17. The number of carbonyl (C=O) groups excluding carboxylic acids is 1. The minimum Gasteiger partial charge on any atom is -0.486 e. The molecule has 2 fully saturated rings. The monoisotopic (exact) mass is 553 g/mol. The summed E-state index contributed by atoms with van der Waals surface area (Å²) in [5, 5.41) is 16.7. The van der Waals surface area contributed by atoms with Gasteiger partial charge in [-0.05, 0) is 79.7 Å². The lowest BCUT2D eigenvalue weighted by atomic mass is 9.99. The van der Waals surface area contributed by atoms with Gasteiger partial charge in [-0.2, -0.15) is 0 Å². The highest BCUT2D eigenvalue weighted by Gasteiger charge is 2.34. The highest BCUT2D eigenvalue weighted by atomic mass is 35.5. The standard InChI is InChI=1S/C30H33ClFN3O4/c31-28-23-6-5-22(32)15-19(23)3-7-25(28)35-12-9-21(17-35)30(37)33-24(18-34-10-1-2-11-34)29(36)20-4-8-26-27(16-20)39-14-13-38-26/h3-8,15-16,21,24,29,36H,1-2,9-14,17-18H2,(H,33,37)/t21?,24-,29-/m1/s1. The third-order valence-electron chi connectivity index (χ3n) is 8.07.